The number of aromatic amines is 2. The molecule has 137 heavy (non-hydrogen) atoms. The highest BCUT2D eigenvalue weighted by Crippen LogP contribution is 2.30. The Labute approximate surface area is 799 Å². The molecule has 0 aliphatic carbocycles. The molecule has 6 heterocycles. The van der Waals surface area contributed by atoms with Gasteiger partial charge in [0.05, 0.1) is 31.7 Å². The molecule has 6 aromatic rings. The smallest absolute Gasteiger partial charge is 0.263 e. The number of H-pyrrole nitrogens is 2. The van der Waals surface area contributed by atoms with E-state index in [4.69, 9.17) is 22.6 Å². The summed E-state index contributed by atoms with van der Waals surface area (Å²) in [6.45, 7) is 6.50. The topological polar surface area (TPSA) is 605 Å². The number of aliphatic hydroxyl groups is 1. The molecule has 0 saturated carbocycles. The van der Waals surface area contributed by atoms with E-state index in [1.165, 1.54) is 69.0 Å². The lowest BCUT2D eigenvalue weighted by atomic mass is 10.00. The first-order valence-electron chi connectivity index (χ1n) is 45.9. The van der Waals surface area contributed by atoms with Crippen molar-refractivity contribution in [3.05, 3.63) is 125 Å². The summed E-state index contributed by atoms with van der Waals surface area (Å²) in [6, 6.07) is -2.42. The number of alkyl halides is 2. The van der Waals surface area contributed by atoms with Crippen molar-refractivity contribution in [2.75, 3.05) is 65.4 Å². The number of carbonyl (C=O) groups excluding carboxylic acids is 17. The number of nitrogens with zero attached hydrogens (tertiary/aromatic N) is 6. The maximum Gasteiger partial charge on any atom is 0.263 e. The number of fused-ring (bicyclic) bond motifs is 4. The highest BCUT2D eigenvalue weighted by molar-refractivity contribution is 8.00. The second-order valence-electron chi connectivity index (χ2n) is 35.0. The number of carbonyl (C=O) groups is 17. The summed E-state index contributed by atoms with van der Waals surface area (Å²) in [4.78, 5) is 267. The molecule has 45 heteroatoms. The lowest BCUT2D eigenvalue weighted by Crippen LogP contribution is -2.62. The Hall–Kier alpha value is -13.2. The summed E-state index contributed by atoms with van der Waals surface area (Å²) < 4.78 is 28.7. The summed E-state index contributed by atoms with van der Waals surface area (Å²) in [5.74, 6) is -17.7. The normalized spacial score (nSPS) is 24.1. The van der Waals surface area contributed by atoms with Gasteiger partial charge in [0.1, 0.15) is 84.6 Å². The van der Waals surface area contributed by atoms with E-state index in [-0.39, 0.29) is 114 Å². The minimum absolute atomic E-state index is 0.00375. The van der Waals surface area contributed by atoms with Gasteiger partial charge in [-0.05, 0) is 110 Å². The number of nitrogens with one attached hydrogen (secondary N) is 14. The summed E-state index contributed by atoms with van der Waals surface area (Å²) in [5, 5.41) is 51.4. The van der Waals surface area contributed by atoms with Crippen LogP contribution in [0.5, 0.6) is 0 Å². The van der Waals surface area contributed by atoms with Crippen LogP contribution in [0.15, 0.2) is 96.9 Å². The fourth-order valence-corrected chi connectivity index (χ4v) is 18.7. The van der Waals surface area contributed by atoms with Crippen molar-refractivity contribution in [3.63, 3.8) is 0 Å². The molecule has 744 valence electrons. The zero-order valence-corrected chi connectivity index (χ0v) is 79.7. The van der Waals surface area contributed by atoms with Crippen molar-refractivity contribution < 1.29 is 95.4 Å². The van der Waals surface area contributed by atoms with E-state index in [0.29, 0.717) is 58.8 Å². The molecule has 3 aromatic carbocycles. The largest absolute Gasteiger partial charge is 0.394 e. The van der Waals surface area contributed by atoms with Gasteiger partial charge in [-0.25, -0.2) is 13.8 Å². The van der Waals surface area contributed by atoms with Crippen LogP contribution in [0.1, 0.15) is 159 Å². The number of thioether (sulfide) groups is 1. The minimum Gasteiger partial charge on any atom is -0.394 e. The Bertz CT molecular complexity index is 5280. The van der Waals surface area contributed by atoms with E-state index in [0.717, 1.165) is 48.2 Å². The lowest BCUT2D eigenvalue weighted by Gasteiger charge is -2.36. The summed E-state index contributed by atoms with van der Waals surface area (Å²) in [6.07, 6.45) is 1.31. The maximum atomic E-state index is 15.8. The average Bonchev–Trinajstić information content (AvgIpc) is 1.80. The van der Waals surface area contributed by atoms with Crippen LogP contribution >= 0.6 is 23.1 Å². The van der Waals surface area contributed by atoms with Crippen molar-refractivity contribution in [1.82, 2.24) is 97.9 Å². The second kappa shape index (κ2) is 51.7. The number of guanidine groups is 1. The SMILES string of the molecule is CCCC[C@H]1C(=O)N(C)[C@@H](CCCC)C(=O)N[C@@H](CCCNC(=N)N)C(=O)N[C@H](C(=O)NCC(N)=O)CSCC(=O)N[C@@H](Cc2ccc(C(F)F)cc2)C(=O)N(C)[C@@H](C)C(=O)N[C@@H](CC(N)=O)C(=O)N2CCC[C@H]2C(=O)N[C@@H](Cc2cnc[nH]2)C(=O)N[C@@H](CC(C)C)C(=O)N2CCC[C@H]2C(=O)N[C@@H](Cc2c[nH]c3ccccc23)C(=O)N[C@@H](CO)C(=O)N[C@@H](Cc2csc3ccccc23)C(=O)N1C. The van der Waals surface area contributed by atoms with Crippen molar-refractivity contribution in [3.8, 4) is 0 Å². The standard InChI is InChI=1S/C92H127F2N23O18S2/c1-9-11-24-69-84(128)105-60(23-17-33-100-92(97)98)80(124)112-68(79(123)102-44-75(96)120)47-136-48-76(121)104-64(37-52-29-31-53(32-30-52)77(93)94)87(131)113(6)51(5)78(122)108-66(41-74(95)119)90(134)117-35-19-27-71(117)86(130)107-62(40-56-43-99-49-103-56)82(126)109-63(36-50(3)4)89(133)116-34-18-26-70(116)85(129)106-61(38-54-42-101-59-22-15-13-20-57(54)59)81(125)111-67(45-118)83(127)110-65(39-55-46-137-73-28-16-14-21-58(55)73)88(132)115(8)72(25-12-10-2)91(135)114(69)7/h13-16,20-22,28-32,42-43,46,49-51,60-72,77,101,118H,9-12,17-19,23-27,33-41,44-45,47-48H2,1-8H3,(H2,95,119)(H2,96,120)(H,99,103)(H,102,123)(H,104,121)(H,105,128)(H,106,129)(H,107,130)(H,108,122)(H,109,126)(H,110,127)(H,111,125)(H,112,124)(H4,97,98,100)/t51-,60-,61-,62-,63-,64-,65-,66-,67-,68-,69-,70-,71-,72-/m0/s1. The van der Waals surface area contributed by atoms with Gasteiger partial charge >= 0.3 is 0 Å². The molecule has 3 aliphatic rings. The first-order chi connectivity index (χ1) is 65.3. The number of aliphatic hydroxyl groups excluding tert-OH is 1. The zero-order chi connectivity index (χ0) is 100. The molecule has 3 aromatic heterocycles. The molecule has 3 aliphatic heterocycles. The molecule has 17 amide bonds. The molecule has 21 N–H and O–H groups in total. The van der Waals surface area contributed by atoms with Crippen molar-refractivity contribution in [2.45, 2.75) is 241 Å². The first-order valence-corrected chi connectivity index (χ1v) is 47.9. The van der Waals surface area contributed by atoms with Gasteiger partial charge in [-0.15, -0.1) is 23.1 Å². The van der Waals surface area contributed by atoms with Crippen molar-refractivity contribution in [2.24, 2.45) is 23.1 Å². The van der Waals surface area contributed by atoms with Crippen LogP contribution in [0.25, 0.3) is 21.0 Å². The number of primary amides is 2. The summed E-state index contributed by atoms with van der Waals surface area (Å²) in [5.41, 5.74) is 18.7. The molecule has 0 spiro atoms. The van der Waals surface area contributed by atoms with Gasteiger partial charge in [-0.1, -0.05) is 114 Å². The molecule has 9 rings (SSSR count). The summed E-state index contributed by atoms with van der Waals surface area (Å²) in [7, 11) is 3.87. The highest BCUT2D eigenvalue weighted by Gasteiger charge is 2.46. The first kappa shape index (κ1) is 107. The van der Waals surface area contributed by atoms with Crippen LogP contribution in [-0.4, -0.2) is 301 Å². The van der Waals surface area contributed by atoms with E-state index in [9.17, 15) is 57.0 Å². The van der Waals surface area contributed by atoms with Crippen molar-refractivity contribution in [1.29, 1.82) is 5.41 Å². The Balaban J connectivity index is 1.10. The third kappa shape index (κ3) is 30.1. The number of hydrogen-bond acceptors (Lipinski definition) is 22. The molecular weight excluding hydrogens is 1820 g/mol. The van der Waals surface area contributed by atoms with Crippen LogP contribution < -0.4 is 75.7 Å². The van der Waals surface area contributed by atoms with Gasteiger partial charge in [-0.3, -0.25) is 86.9 Å². The van der Waals surface area contributed by atoms with Crippen molar-refractivity contribution >= 4 is 150 Å². The van der Waals surface area contributed by atoms with E-state index in [1.807, 2.05) is 32.0 Å². The van der Waals surface area contributed by atoms with E-state index >= 15 is 38.4 Å². The predicted octanol–water partition coefficient (Wildman–Crippen LogP) is 0.0658. The molecule has 3 saturated heterocycles. The third-order valence-electron chi connectivity index (χ3n) is 24.5. The average molecular weight is 1950 g/mol. The van der Waals surface area contributed by atoms with E-state index in [1.54, 1.807) is 55.8 Å². The van der Waals surface area contributed by atoms with Gasteiger partial charge in [0.25, 0.3) is 6.43 Å². The minimum atomic E-state index is -2.90. The number of nitrogens with two attached hydrogens (primary N) is 3. The molecule has 14 atom stereocenters. The maximum absolute atomic E-state index is 15.8. The van der Waals surface area contributed by atoms with Crippen LogP contribution in [0, 0.1) is 11.3 Å². The number of hydrogen-bond donors (Lipinski definition) is 18. The Morgan fingerprint density at radius 2 is 1.10 bits per heavy atom. The Morgan fingerprint density at radius 1 is 0.555 bits per heavy atom. The number of imidazole rings is 1. The lowest BCUT2D eigenvalue weighted by molar-refractivity contribution is -0.149. The number of halogens is 2. The Morgan fingerprint density at radius 3 is 1.71 bits per heavy atom. The number of benzene rings is 3. The van der Waals surface area contributed by atoms with Gasteiger partial charge in [-0.2, -0.15) is 0 Å². The predicted molar refractivity (Wildman–Crippen MR) is 505 cm³/mol. The van der Waals surface area contributed by atoms with Crippen LogP contribution in [0.3, 0.4) is 0 Å². The Kier molecular flexibility index (Phi) is 40.5. The van der Waals surface area contributed by atoms with Gasteiger partial charge < -0.3 is 115 Å². The van der Waals surface area contributed by atoms with E-state index < -0.39 is 235 Å². The summed E-state index contributed by atoms with van der Waals surface area (Å²) >= 11 is 2.07. The number of rotatable bonds is 27. The fourth-order valence-electron chi connectivity index (χ4n) is 16.8. The van der Waals surface area contributed by atoms with Gasteiger partial charge in [0.2, 0.25) is 100 Å². The number of likely N-dealkylation sites (N-methyl/N-ethyl adjacent to an activating group) is 3. The molecule has 0 bridgehead atoms. The number of unbranched alkanes of at least 4 members (excludes halogenated alkanes) is 2. The monoisotopic (exact) mass is 1940 g/mol. The molecular formula is C92H127F2N23O18S2. The van der Waals surface area contributed by atoms with Crippen LogP contribution in [0.4, 0.5) is 8.78 Å². The molecule has 41 nitrogen and oxygen atoms in total. The van der Waals surface area contributed by atoms with Gasteiger partial charge in [0.15, 0.2) is 5.96 Å². The molecule has 3 fully saturated rings. The number of amides is 17. The molecule has 0 unspecified atom stereocenters. The zero-order valence-electron chi connectivity index (χ0n) is 78.0. The molecule has 0 radical (unpaired) electrons. The van der Waals surface area contributed by atoms with Crippen LogP contribution in [-0.2, 0) is 107 Å². The highest BCUT2D eigenvalue weighted by atomic mass is 32.2. The quantitative estimate of drug-likeness (QED) is 0.0184. The van der Waals surface area contributed by atoms with E-state index in [2.05, 4.69) is 73.4 Å². The van der Waals surface area contributed by atoms with Crippen LogP contribution in [0.2, 0.25) is 0 Å². The second-order valence-corrected chi connectivity index (χ2v) is 37.0. The van der Waals surface area contributed by atoms with Gasteiger partial charge in [0, 0.05) is 111 Å². The fraction of sp³-hybridized carbons (Fsp3) is 0.533. The third-order valence-corrected chi connectivity index (χ3v) is 26.5. The number of para-hydroxylation sites is 1. The number of thiophene rings is 1. The number of aromatic nitrogens is 3.